The third-order valence-electron chi connectivity index (χ3n) is 7.43. The first-order valence-corrected chi connectivity index (χ1v) is 12.3. The summed E-state index contributed by atoms with van der Waals surface area (Å²) in [6, 6.07) is 27.8. The lowest BCUT2D eigenvalue weighted by Gasteiger charge is -2.18. The molecule has 6 rings (SSSR count). The van der Waals surface area contributed by atoms with E-state index in [1.807, 2.05) is 66.7 Å². The van der Waals surface area contributed by atoms with E-state index in [0.29, 0.717) is 11.6 Å². The summed E-state index contributed by atoms with van der Waals surface area (Å²) in [5.41, 5.74) is 2.98. The van der Waals surface area contributed by atoms with Gasteiger partial charge in [-0.05, 0) is 37.0 Å². The van der Waals surface area contributed by atoms with Crippen LogP contribution in [0.5, 0.6) is 5.75 Å². The highest BCUT2D eigenvalue weighted by molar-refractivity contribution is 5.76. The van der Waals surface area contributed by atoms with Crippen LogP contribution in [0.2, 0.25) is 0 Å². The molecule has 1 aromatic heterocycles. The molecule has 6 nitrogen and oxygen atoms in total. The second-order valence-electron chi connectivity index (χ2n) is 9.54. The molecule has 36 heavy (non-hydrogen) atoms. The molecule has 0 spiro atoms. The van der Waals surface area contributed by atoms with Crippen LogP contribution in [0.4, 0.5) is 0 Å². The quantitative estimate of drug-likeness (QED) is 0.164. The van der Waals surface area contributed by atoms with Gasteiger partial charge in [0.2, 0.25) is 5.89 Å². The zero-order chi connectivity index (χ0) is 24.8. The van der Waals surface area contributed by atoms with E-state index in [9.17, 15) is 4.79 Å². The number of carbonyl (C=O) groups excluding carboxylic acids is 1. The number of aromatic nitrogens is 1. The van der Waals surface area contributed by atoms with E-state index in [1.165, 1.54) is 6.92 Å². The first kappa shape index (κ1) is 22.6. The summed E-state index contributed by atoms with van der Waals surface area (Å²) in [4.78, 5) is 26.1. The molecule has 4 aromatic rings. The van der Waals surface area contributed by atoms with Gasteiger partial charge >= 0.3 is 5.97 Å². The Morgan fingerprint density at radius 3 is 2.39 bits per heavy atom. The molecule has 1 aliphatic carbocycles. The fraction of sp³-hybridized carbons (Fsp3) is 0.267. The van der Waals surface area contributed by atoms with Crippen molar-refractivity contribution < 1.29 is 23.7 Å². The summed E-state index contributed by atoms with van der Waals surface area (Å²) in [5.74, 6) is 1.33. The van der Waals surface area contributed by atoms with Crippen molar-refractivity contribution in [3.63, 3.8) is 0 Å². The molecule has 3 aromatic carbocycles. The van der Waals surface area contributed by atoms with Crippen LogP contribution in [0.1, 0.15) is 50.5 Å². The van der Waals surface area contributed by atoms with Gasteiger partial charge in [-0.3, -0.25) is 9.78 Å². The monoisotopic (exact) mass is 481 g/mol. The fourth-order valence-corrected chi connectivity index (χ4v) is 5.71. The van der Waals surface area contributed by atoms with Crippen molar-refractivity contribution in [2.45, 2.75) is 50.2 Å². The number of epoxide rings is 1. The maximum absolute atomic E-state index is 11.2. The van der Waals surface area contributed by atoms with Gasteiger partial charge in [0.1, 0.15) is 16.9 Å². The van der Waals surface area contributed by atoms with Gasteiger partial charge in [-0.1, -0.05) is 79.7 Å². The van der Waals surface area contributed by atoms with E-state index in [2.05, 4.69) is 19.1 Å². The van der Waals surface area contributed by atoms with Crippen molar-refractivity contribution in [2.24, 2.45) is 0 Å². The molecule has 2 fully saturated rings. The normalized spacial score (nSPS) is 23.1. The molecule has 0 amide bonds. The number of oxazole rings is 1. The molecule has 1 saturated heterocycles. The number of benzene rings is 3. The first-order chi connectivity index (χ1) is 17.5. The number of rotatable bonds is 7. The molecular weight excluding hydrogens is 454 g/mol. The molecule has 3 atom stereocenters. The van der Waals surface area contributed by atoms with Gasteiger partial charge in [0.05, 0.1) is 5.92 Å². The van der Waals surface area contributed by atoms with E-state index >= 15 is 0 Å². The average Bonchev–Trinajstić information content (AvgIpc) is 3.21. The van der Waals surface area contributed by atoms with Crippen molar-refractivity contribution in [3.8, 4) is 28.3 Å². The maximum Gasteiger partial charge on any atom is 0.352 e. The van der Waals surface area contributed by atoms with Crippen LogP contribution in [-0.4, -0.2) is 16.6 Å². The second kappa shape index (κ2) is 8.64. The van der Waals surface area contributed by atoms with E-state index in [4.69, 9.17) is 23.9 Å². The predicted octanol–water partition coefficient (Wildman–Crippen LogP) is 6.82. The number of fused-ring (bicyclic) bond motifs is 1. The number of nitrogens with zero attached hydrogens (tertiary/aromatic N) is 1. The van der Waals surface area contributed by atoms with E-state index in [0.717, 1.165) is 47.4 Å². The van der Waals surface area contributed by atoms with Gasteiger partial charge in [-0.25, -0.2) is 9.78 Å². The lowest BCUT2D eigenvalue weighted by atomic mass is 9.81. The summed E-state index contributed by atoms with van der Waals surface area (Å²) >= 11 is 0. The van der Waals surface area contributed by atoms with Crippen LogP contribution in [0.3, 0.4) is 0 Å². The molecule has 0 N–H and O–H groups in total. The third-order valence-corrected chi connectivity index (χ3v) is 7.43. The van der Waals surface area contributed by atoms with E-state index in [-0.39, 0.29) is 5.92 Å². The SMILES string of the molecule is CC(=O)OOc1cccc(C23CCCC2(C(C)c2nc(-c4ccccc4)c(-c4ccccc4)o2)O3)c1. The molecule has 0 radical (unpaired) electrons. The van der Waals surface area contributed by atoms with Gasteiger partial charge in [0.15, 0.2) is 11.5 Å². The van der Waals surface area contributed by atoms with Crippen molar-refractivity contribution in [1.29, 1.82) is 0 Å². The molecule has 2 aliphatic rings. The number of hydrogen-bond donors (Lipinski definition) is 0. The van der Waals surface area contributed by atoms with Crippen LogP contribution in [0.25, 0.3) is 22.6 Å². The van der Waals surface area contributed by atoms with Crippen LogP contribution in [0, 0.1) is 0 Å². The molecule has 2 heterocycles. The highest BCUT2D eigenvalue weighted by Crippen LogP contribution is 2.71. The van der Waals surface area contributed by atoms with E-state index in [1.54, 1.807) is 6.07 Å². The molecule has 1 aliphatic heterocycles. The van der Waals surface area contributed by atoms with Gasteiger partial charge < -0.3 is 9.15 Å². The minimum Gasteiger partial charge on any atom is -0.440 e. The predicted molar refractivity (Wildman–Crippen MR) is 134 cm³/mol. The minimum atomic E-state index is -0.502. The van der Waals surface area contributed by atoms with Crippen molar-refractivity contribution in [2.75, 3.05) is 0 Å². The summed E-state index contributed by atoms with van der Waals surface area (Å²) in [7, 11) is 0. The topological polar surface area (TPSA) is 74.1 Å². The lowest BCUT2D eigenvalue weighted by molar-refractivity contribution is -0.210. The Hall–Kier alpha value is -3.90. The standard InChI is InChI=1S/C30H27NO5/c1-20(28-31-26(22-11-5-3-6-12-22)27(33-28)23-13-7-4-8-14-23)29-17-10-18-30(29,36-29)24-15-9-16-25(19-24)35-34-21(2)32/h3-9,11-16,19-20H,10,17-18H2,1-2H3. The zero-order valence-electron chi connectivity index (χ0n) is 20.3. The van der Waals surface area contributed by atoms with Gasteiger partial charge in [-0.15, -0.1) is 0 Å². The maximum atomic E-state index is 11.2. The van der Waals surface area contributed by atoms with Crippen LogP contribution < -0.4 is 4.89 Å². The summed E-state index contributed by atoms with van der Waals surface area (Å²) in [5, 5.41) is 0. The van der Waals surface area contributed by atoms with Crippen molar-refractivity contribution in [3.05, 3.63) is 96.4 Å². The Kier molecular flexibility index (Phi) is 5.41. The highest BCUT2D eigenvalue weighted by atomic mass is 17.2. The van der Waals surface area contributed by atoms with Crippen LogP contribution in [0.15, 0.2) is 89.3 Å². The Morgan fingerprint density at radius 2 is 1.67 bits per heavy atom. The second-order valence-corrected chi connectivity index (χ2v) is 9.54. The summed E-state index contributed by atoms with van der Waals surface area (Å²) in [6.07, 6.45) is 2.84. The van der Waals surface area contributed by atoms with Crippen LogP contribution in [-0.2, 0) is 20.0 Å². The molecule has 0 bridgehead atoms. The number of hydrogen-bond acceptors (Lipinski definition) is 6. The Bertz CT molecular complexity index is 1340. The van der Waals surface area contributed by atoms with Crippen molar-refractivity contribution >= 4 is 5.97 Å². The van der Waals surface area contributed by atoms with Gasteiger partial charge in [-0.2, -0.15) is 0 Å². The first-order valence-electron chi connectivity index (χ1n) is 12.3. The summed E-state index contributed by atoms with van der Waals surface area (Å²) < 4.78 is 13.1. The van der Waals surface area contributed by atoms with Gasteiger partial charge in [0.25, 0.3) is 0 Å². The third kappa shape index (κ3) is 3.60. The highest BCUT2D eigenvalue weighted by Gasteiger charge is 2.76. The Balaban J connectivity index is 1.36. The molecule has 182 valence electrons. The molecular formula is C30H27NO5. The molecule has 3 unspecified atom stereocenters. The zero-order valence-corrected chi connectivity index (χ0v) is 20.3. The average molecular weight is 482 g/mol. The summed E-state index contributed by atoms with van der Waals surface area (Å²) in [6.45, 7) is 3.45. The Morgan fingerprint density at radius 1 is 0.944 bits per heavy atom. The number of carbonyl (C=O) groups is 1. The minimum absolute atomic E-state index is 0.0713. The molecule has 1 saturated carbocycles. The molecule has 6 heteroatoms. The van der Waals surface area contributed by atoms with Crippen LogP contribution >= 0.6 is 0 Å². The Labute approximate surface area is 209 Å². The van der Waals surface area contributed by atoms with Crippen molar-refractivity contribution in [1.82, 2.24) is 4.98 Å². The van der Waals surface area contributed by atoms with E-state index < -0.39 is 17.2 Å². The smallest absolute Gasteiger partial charge is 0.352 e. The van der Waals surface area contributed by atoms with Gasteiger partial charge in [0, 0.05) is 18.1 Å². The lowest BCUT2D eigenvalue weighted by Crippen LogP contribution is -2.25. The largest absolute Gasteiger partial charge is 0.440 e. The fourth-order valence-electron chi connectivity index (χ4n) is 5.71. The number of ether oxygens (including phenoxy) is 1.